The second-order valence-corrected chi connectivity index (χ2v) is 8.18. The van der Waals surface area contributed by atoms with Crippen LogP contribution < -0.4 is 5.32 Å². The number of halogens is 1. The zero-order valence-corrected chi connectivity index (χ0v) is 17.6. The van der Waals surface area contributed by atoms with Crippen molar-refractivity contribution < 1.29 is 19.2 Å². The van der Waals surface area contributed by atoms with Gasteiger partial charge in [-0.3, -0.25) is 4.79 Å². The topological polar surface area (TPSA) is 77.0 Å². The first kappa shape index (κ1) is 19.6. The Hall–Kier alpha value is -2.19. The van der Waals surface area contributed by atoms with Gasteiger partial charge in [0.25, 0.3) is 5.91 Å². The van der Waals surface area contributed by atoms with Crippen molar-refractivity contribution in [1.29, 1.82) is 0 Å². The second kappa shape index (κ2) is 8.22. The number of ether oxygens (including phenoxy) is 1. The van der Waals surface area contributed by atoms with Gasteiger partial charge >= 0.3 is 5.97 Å². The van der Waals surface area contributed by atoms with Gasteiger partial charge in [-0.15, -0.1) is 11.3 Å². The van der Waals surface area contributed by atoms with Gasteiger partial charge in [-0.1, -0.05) is 33.2 Å². The van der Waals surface area contributed by atoms with Crippen molar-refractivity contribution in [3.63, 3.8) is 0 Å². The number of rotatable bonds is 5. The Kier molecular flexibility index (Phi) is 5.96. The molecule has 8 heteroatoms. The van der Waals surface area contributed by atoms with Gasteiger partial charge in [0.05, 0.1) is 17.9 Å². The van der Waals surface area contributed by atoms with E-state index in [2.05, 4.69) is 26.4 Å². The number of nitrogens with one attached hydrogen (secondary N) is 1. The van der Waals surface area contributed by atoms with E-state index in [0.717, 1.165) is 20.5 Å². The van der Waals surface area contributed by atoms with E-state index >= 15 is 0 Å². The molecule has 2 aromatic rings. The molecule has 1 atom stereocenters. The van der Waals surface area contributed by atoms with Crippen molar-refractivity contribution in [2.75, 3.05) is 11.9 Å². The third-order valence-electron chi connectivity index (χ3n) is 4.22. The predicted octanol–water partition coefficient (Wildman–Crippen LogP) is 4.44. The molecule has 1 aliphatic rings. The monoisotopic (exact) mass is 450 g/mol. The molecule has 0 unspecified atom stereocenters. The van der Waals surface area contributed by atoms with Gasteiger partial charge < -0.3 is 14.9 Å². The first-order valence-electron chi connectivity index (χ1n) is 8.47. The van der Waals surface area contributed by atoms with Crippen molar-refractivity contribution in [2.24, 2.45) is 5.16 Å². The SMILES string of the molecule is CCOC(=O)c1c(NC(=O)[C@H]2CC(c3cccc(Br)c3)=NO2)sc(C)c1C. The van der Waals surface area contributed by atoms with Gasteiger partial charge in [0.1, 0.15) is 5.00 Å². The molecule has 1 aromatic heterocycles. The summed E-state index contributed by atoms with van der Waals surface area (Å²) in [7, 11) is 0. The number of oxime groups is 1. The van der Waals surface area contributed by atoms with Crippen LogP contribution in [-0.4, -0.2) is 30.3 Å². The van der Waals surface area contributed by atoms with Crippen LogP contribution in [0.15, 0.2) is 33.9 Å². The number of thiophene rings is 1. The molecule has 1 amide bonds. The van der Waals surface area contributed by atoms with Crippen molar-refractivity contribution in [3.8, 4) is 0 Å². The van der Waals surface area contributed by atoms with E-state index in [0.29, 0.717) is 22.7 Å². The van der Waals surface area contributed by atoms with Crippen molar-refractivity contribution in [2.45, 2.75) is 33.3 Å². The lowest BCUT2D eigenvalue weighted by Gasteiger charge is -2.10. The Bertz CT molecular complexity index is 922. The number of anilines is 1. The number of amides is 1. The molecule has 27 heavy (non-hydrogen) atoms. The van der Waals surface area contributed by atoms with Crippen LogP contribution in [0.3, 0.4) is 0 Å². The van der Waals surface area contributed by atoms with E-state index in [-0.39, 0.29) is 12.5 Å². The van der Waals surface area contributed by atoms with Crippen LogP contribution >= 0.6 is 27.3 Å². The molecular weight excluding hydrogens is 432 g/mol. The number of carbonyl (C=O) groups is 2. The van der Waals surface area contributed by atoms with Gasteiger partial charge in [0, 0.05) is 21.3 Å². The van der Waals surface area contributed by atoms with Gasteiger partial charge in [-0.25, -0.2) is 4.79 Å². The minimum absolute atomic E-state index is 0.274. The highest BCUT2D eigenvalue weighted by Crippen LogP contribution is 2.33. The third-order valence-corrected chi connectivity index (χ3v) is 5.84. The summed E-state index contributed by atoms with van der Waals surface area (Å²) in [5.74, 6) is -0.774. The zero-order chi connectivity index (χ0) is 19.6. The largest absolute Gasteiger partial charge is 0.462 e. The second-order valence-electron chi connectivity index (χ2n) is 6.04. The standard InChI is InChI=1S/C19H19BrN2O4S/c1-4-25-19(24)16-10(2)11(3)27-18(16)21-17(23)15-9-14(22-26-15)12-6-5-7-13(20)8-12/h5-8,15H,4,9H2,1-3H3,(H,21,23)/t15-/m1/s1. The van der Waals surface area contributed by atoms with Crippen LogP contribution in [0.5, 0.6) is 0 Å². The minimum atomic E-state index is -0.739. The number of nitrogens with zero attached hydrogens (tertiary/aromatic N) is 1. The zero-order valence-electron chi connectivity index (χ0n) is 15.2. The summed E-state index contributed by atoms with van der Waals surface area (Å²) < 4.78 is 6.04. The Balaban J connectivity index is 1.72. The summed E-state index contributed by atoms with van der Waals surface area (Å²) in [6, 6.07) is 7.66. The molecule has 1 aromatic carbocycles. The van der Waals surface area contributed by atoms with Crippen molar-refractivity contribution in [3.05, 3.63) is 50.3 Å². The van der Waals surface area contributed by atoms with E-state index < -0.39 is 12.1 Å². The molecule has 6 nitrogen and oxygen atoms in total. The van der Waals surface area contributed by atoms with Crippen LogP contribution in [0.2, 0.25) is 0 Å². The van der Waals surface area contributed by atoms with Gasteiger partial charge in [-0.05, 0) is 38.5 Å². The number of hydrogen-bond acceptors (Lipinski definition) is 6. The summed E-state index contributed by atoms with van der Waals surface area (Å²) in [6.07, 6.45) is -0.378. The summed E-state index contributed by atoms with van der Waals surface area (Å²) in [4.78, 5) is 31.2. The van der Waals surface area contributed by atoms with Crippen LogP contribution in [0.25, 0.3) is 0 Å². The molecule has 3 rings (SSSR count). The molecule has 0 saturated heterocycles. The molecule has 0 bridgehead atoms. The summed E-state index contributed by atoms with van der Waals surface area (Å²) in [5.41, 5.74) is 2.82. The highest BCUT2D eigenvalue weighted by atomic mass is 79.9. The van der Waals surface area contributed by atoms with Crippen LogP contribution in [0.4, 0.5) is 5.00 Å². The van der Waals surface area contributed by atoms with E-state index in [1.807, 2.05) is 38.1 Å². The fourth-order valence-corrected chi connectivity index (χ4v) is 4.16. The Morgan fingerprint density at radius 2 is 2.19 bits per heavy atom. The lowest BCUT2D eigenvalue weighted by atomic mass is 10.0. The molecule has 0 saturated carbocycles. The molecule has 2 heterocycles. The van der Waals surface area contributed by atoms with E-state index in [1.165, 1.54) is 11.3 Å². The molecule has 1 aliphatic heterocycles. The molecular formula is C19H19BrN2O4S. The molecule has 1 N–H and O–H groups in total. The summed E-state index contributed by atoms with van der Waals surface area (Å²) in [6.45, 7) is 5.77. The smallest absolute Gasteiger partial charge is 0.341 e. The molecule has 0 fully saturated rings. The maximum Gasteiger partial charge on any atom is 0.341 e. The first-order chi connectivity index (χ1) is 12.9. The van der Waals surface area contributed by atoms with Crippen molar-refractivity contribution >= 4 is 49.9 Å². The van der Waals surface area contributed by atoms with Gasteiger partial charge in [-0.2, -0.15) is 0 Å². The highest BCUT2D eigenvalue weighted by Gasteiger charge is 2.31. The lowest BCUT2D eigenvalue weighted by molar-refractivity contribution is -0.125. The fourth-order valence-electron chi connectivity index (χ4n) is 2.71. The first-order valence-corrected chi connectivity index (χ1v) is 10.1. The normalized spacial score (nSPS) is 15.9. The van der Waals surface area contributed by atoms with Crippen LogP contribution in [-0.2, 0) is 14.4 Å². The quantitative estimate of drug-likeness (QED) is 0.683. The molecule has 0 spiro atoms. The maximum absolute atomic E-state index is 12.6. The number of benzene rings is 1. The summed E-state index contributed by atoms with van der Waals surface area (Å²) >= 11 is 4.77. The number of hydrogen-bond donors (Lipinski definition) is 1. The Labute approximate surface area is 169 Å². The predicted molar refractivity (Wildman–Crippen MR) is 109 cm³/mol. The molecule has 142 valence electrons. The summed E-state index contributed by atoms with van der Waals surface area (Å²) in [5, 5.41) is 7.34. The van der Waals surface area contributed by atoms with E-state index in [9.17, 15) is 9.59 Å². The van der Waals surface area contributed by atoms with Crippen molar-refractivity contribution in [1.82, 2.24) is 0 Å². The highest BCUT2D eigenvalue weighted by molar-refractivity contribution is 9.10. The lowest BCUT2D eigenvalue weighted by Crippen LogP contribution is -2.28. The van der Waals surface area contributed by atoms with E-state index in [4.69, 9.17) is 9.57 Å². The Morgan fingerprint density at radius 1 is 1.41 bits per heavy atom. The average molecular weight is 451 g/mol. The Morgan fingerprint density at radius 3 is 2.89 bits per heavy atom. The maximum atomic E-state index is 12.6. The minimum Gasteiger partial charge on any atom is -0.462 e. The number of carbonyl (C=O) groups excluding carboxylic acids is 2. The molecule has 0 radical (unpaired) electrons. The number of aryl methyl sites for hydroxylation is 1. The van der Waals surface area contributed by atoms with Crippen LogP contribution in [0, 0.1) is 13.8 Å². The van der Waals surface area contributed by atoms with Gasteiger partial charge in [0.15, 0.2) is 0 Å². The van der Waals surface area contributed by atoms with E-state index in [1.54, 1.807) is 6.92 Å². The van der Waals surface area contributed by atoms with Crippen LogP contribution in [0.1, 0.15) is 39.7 Å². The van der Waals surface area contributed by atoms with Gasteiger partial charge in [0.2, 0.25) is 6.10 Å². The number of esters is 1. The molecule has 0 aliphatic carbocycles. The fraction of sp³-hybridized carbons (Fsp3) is 0.316. The third kappa shape index (κ3) is 4.22. The average Bonchev–Trinajstić information content (AvgIpc) is 3.21.